The molecule has 0 fully saturated rings. The molecule has 2 nitrogen and oxygen atoms in total. The Kier molecular flexibility index (Phi) is 5.93. The molecular weight excluding hydrogens is 517 g/mol. The van der Waals surface area contributed by atoms with Crippen molar-refractivity contribution in [2.75, 3.05) is 0 Å². The third-order valence-electron chi connectivity index (χ3n) is 8.68. The highest BCUT2D eigenvalue weighted by atomic mass is 19.4. The molecule has 0 aliphatic carbocycles. The van der Waals surface area contributed by atoms with Gasteiger partial charge in [0.2, 0.25) is 23.1 Å². The lowest BCUT2D eigenvalue weighted by atomic mass is 9.78. The van der Waals surface area contributed by atoms with Gasteiger partial charge in [0.15, 0.2) is 12.4 Å². The molecule has 2 aliphatic heterocycles. The van der Waals surface area contributed by atoms with E-state index in [-0.39, 0.29) is 12.0 Å². The monoisotopic (exact) mass is 546 g/mol. The zero-order valence-electron chi connectivity index (χ0n) is 22.7. The van der Waals surface area contributed by atoms with Crippen molar-refractivity contribution in [3.05, 3.63) is 138 Å². The third-order valence-corrected chi connectivity index (χ3v) is 8.68. The van der Waals surface area contributed by atoms with Crippen molar-refractivity contribution in [2.24, 2.45) is 0 Å². The maximum absolute atomic E-state index is 14.1. The Morgan fingerprint density at radius 1 is 0.805 bits per heavy atom. The van der Waals surface area contributed by atoms with Gasteiger partial charge in [-0.25, -0.2) is 0 Å². The van der Waals surface area contributed by atoms with Crippen molar-refractivity contribution in [1.29, 1.82) is 0 Å². The van der Waals surface area contributed by atoms with Gasteiger partial charge in [0.25, 0.3) is 0 Å². The van der Waals surface area contributed by atoms with E-state index in [2.05, 4.69) is 52.2 Å². The summed E-state index contributed by atoms with van der Waals surface area (Å²) in [6.45, 7) is 6.71. The summed E-state index contributed by atoms with van der Waals surface area (Å²) in [7, 11) is 0. The molecular formula is C36H29F3N2+2. The Morgan fingerprint density at radius 2 is 1.56 bits per heavy atom. The molecule has 5 aromatic rings. The van der Waals surface area contributed by atoms with Crippen LogP contribution in [-0.4, -0.2) is 0 Å². The maximum Gasteiger partial charge on any atom is 0.416 e. The molecule has 4 heterocycles. The van der Waals surface area contributed by atoms with Crippen LogP contribution in [-0.2, 0) is 12.6 Å². The normalized spacial score (nSPS) is 17.6. The first-order valence-corrected chi connectivity index (χ1v) is 13.9. The zero-order chi connectivity index (χ0) is 28.3. The van der Waals surface area contributed by atoms with E-state index in [4.69, 9.17) is 0 Å². The quantitative estimate of drug-likeness (QED) is 0.187. The third kappa shape index (κ3) is 4.10. The maximum atomic E-state index is 14.1. The summed E-state index contributed by atoms with van der Waals surface area (Å²) in [5.74, 6) is 0.0914. The Morgan fingerprint density at radius 3 is 2.37 bits per heavy atom. The van der Waals surface area contributed by atoms with Crippen molar-refractivity contribution in [2.45, 2.75) is 37.9 Å². The summed E-state index contributed by atoms with van der Waals surface area (Å²) in [5.41, 5.74) is 8.88. The summed E-state index contributed by atoms with van der Waals surface area (Å²) < 4.78 is 46.7. The lowest BCUT2D eigenvalue weighted by molar-refractivity contribution is -0.727. The number of nitrogens with zero attached hydrogens (tertiary/aromatic N) is 2. The molecule has 0 spiro atoms. The van der Waals surface area contributed by atoms with Crippen LogP contribution in [0.3, 0.4) is 0 Å². The number of hydrogen-bond acceptors (Lipinski definition) is 0. The van der Waals surface area contributed by atoms with Crippen molar-refractivity contribution in [3.63, 3.8) is 0 Å². The van der Waals surface area contributed by atoms with Crippen LogP contribution in [0.5, 0.6) is 0 Å². The van der Waals surface area contributed by atoms with Gasteiger partial charge < -0.3 is 0 Å². The van der Waals surface area contributed by atoms with Crippen LogP contribution >= 0.6 is 0 Å². The van der Waals surface area contributed by atoms with Crippen LogP contribution in [0, 0.1) is 6.92 Å². The number of aryl methyl sites for hydroxylation is 2. The molecule has 202 valence electrons. The van der Waals surface area contributed by atoms with E-state index in [1.165, 1.54) is 23.3 Å². The van der Waals surface area contributed by atoms with Crippen LogP contribution in [0.4, 0.5) is 13.2 Å². The first kappa shape index (κ1) is 25.5. The molecule has 0 radical (unpaired) electrons. The molecule has 0 bridgehead atoms. The molecule has 0 saturated carbocycles. The standard InChI is InChI=1S/C36H29F3N2/c1-23-19-21-40-24(2)34-30(28-12-6-7-13-29(28)32-14-8-9-20-41(32)34)18-16-25-15-17-27(36(37,38)39)22-31(25)35(40)33(23)26-10-4-3-5-11-26/h3-15,17,19-22,30,34H,2,16,18H2,1H3/q+2. The summed E-state index contributed by atoms with van der Waals surface area (Å²) in [5, 5.41) is 0. The second-order valence-electron chi connectivity index (χ2n) is 11.0. The lowest BCUT2D eigenvalue weighted by Crippen LogP contribution is -2.53. The minimum atomic E-state index is -4.45. The van der Waals surface area contributed by atoms with Crippen molar-refractivity contribution >= 4 is 5.70 Å². The first-order chi connectivity index (χ1) is 19.8. The lowest BCUT2D eigenvalue weighted by Gasteiger charge is -2.29. The number of pyridine rings is 2. The SMILES string of the molecule is C=C1C2C(CCc3ccc(C(F)(F)F)cc3-c3c(-c4ccccc4)c(C)cc[n+]31)c1ccccc1-c1cccc[n+]12. The van der Waals surface area contributed by atoms with Crippen LogP contribution in [0.1, 0.15) is 40.6 Å². The Bertz CT molecular complexity index is 1820. The van der Waals surface area contributed by atoms with Crippen LogP contribution in [0.2, 0.25) is 0 Å². The number of benzene rings is 3. The minimum absolute atomic E-state index is 0.0914. The topological polar surface area (TPSA) is 7.76 Å². The van der Waals surface area contributed by atoms with Crippen LogP contribution in [0.25, 0.3) is 39.3 Å². The molecule has 41 heavy (non-hydrogen) atoms. The van der Waals surface area contributed by atoms with E-state index < -0.39 is 11.7 Å². The van der Waals surface area contributed by atoms with Gasteiger partial charge in [-0.2, -0.15) is 22.3 Å². The predicted molar refractivity (Wildman–Crippen MR) is 155 cm³/mol. The predicted octanol–water partition coefficient (Wildman–Crippen LogP) is 8.35. The Labute approximate surface area is 237 Å². The van der Waals surface area contributed by atoms with Crippen LogP contribution in [0.15, 0.2) is 116 Å². The number of fused-ring (bicyclic) bond motifs is 9. The number of rotatable bonds is 1. The van der Waals surface area contributed by atoms with Gasteiger partial charge in [0.1, 0.15) is 0 Å². The zero-order valence-corrected chi connectivity index (χ0v) is 22.7. The molecule has 3 aromatic carbocycles. The van der Waals surface area contributed by atoms with Crippen LogP contribution < -0.4 is 9.13 Å². The summed E-state index contributed by atoms with van der Waals surface area (Å²) in [6.07, 6.45) is 1.05. The largest absolute Gasteiger partial charge is 0.416 e. The second-order valence-corrected chi connectivity index (χ2v) is 11.0. The van der Waals surface area contributed by atoms with Gasteiger partial charge in [0, 0.05) is 23.8 Å². The molecule has 0 amide bonds. The van der Waals surface area contributed by atoms with Gasteiger partial charge in [-0.05, 0) is 72.9 Å². The summed E-state index contributed by atoms with van der Waals surface area (Å²) in [6, 6.07) is 30.8. The van der Waals surface area contributed by atoms with Gasteiger partial charge in [0.05, 0.1) is 22.6 Å². The van der Waals surface area contributed by atoms with E-state index in [0.29, 0.717) is 12.0 Å². The first-order valence-electron chi connectivity index (χ1n) is 13.9. The van der Waals surface area contributed by atoms with Gasteiger partial charge in [-0.1, -0.05) is 54.6 Å². The fourth-order valence-electron chi connectivity index (χ4n) is 6.82. The molecule has 5 heteroatoms. The van der Waals surface area contributed by atoms with Crippen molar-refractivity contribution in [1.82, 2.24) is 0 Å². The van der Waals surface area contributed by atoms with E-state index >= 15 is 0 Å². The van der Waals surface area contributed by atoms with E-state index in [9.17, 15) is 13.2 Å². The summed E-state index contributed by atoms with van der Waals surface area (Å²) in [4.78, 5) is 0. The van der Waals surface area contributed by atoms with E-state index in [0.717, 1.165) is 45.8 Å². The van der Waals surface area contributed by atoms with Gasteiger partial charge in [-0.15, -0.1) is 0 Å². The molecule has 2 unspecified atom stereocenters. The fourth-order valence-corrected chi connectivity index (χ4v) is 6.82. The van der Waals surface area contributed by atoms with E-state index in [1.807, 2.05) is 61.7 Å². The molecule has 7 rings (SSSR count). The van der Waals surface area contributed by atoms with Gasteiger partial charge >= 0.3 is 6.18 Å². The number of hydrogen-bond donors (Lipinski definition) is 0. The molecule has 0 N–H and O–H groups in total. The number of aromatic nitrogens is 2. The average molecular weight is 547 g/mol. The van der Waals surface area contributed by atoms with Gasteiger partial charge in [-0.3, -0.25) is 0 Å². The van der Waals surface area contributed by atoms with E-state index in [1.54, 1.807) is 6.07 Å². The molecule has 2 aliphatic rings. The summed E-state index contributed by atoms with van der Waals surface area (Å²) >= 11 is 0. The minimum Gasteiger partial charge on any atom is -0.184 e. The van der Waals surface area contributed by atoms with Crippen molar-refractivity contribution in [3.8, 4) is 33.6 Å². The highest BCUT2D eigenvalue weighted by Crippen LogP contribution is 2.46. The Balaban J connectivity index is 1.57. The number of allylic oxidation sites excluding steroid dienone is 1. The highest BCUT2D eigenvalue weighted by Gasteiger charge is 2.47. The smallest absolute Gasteiger partial charge is 0.184 e. The second kappa shape index (κ2) is 9.55. The molecule has 0 saturated heterocycles. The molecule has 2 aromatic heterocycles. The number of halogens is 3. The Hall–Kier alpha value is -4.51. The average Bonchev–Trinajstić information content (AvgIpc) is 3.03. The molecule has 2 atom stereocenters. The fraction of sp³-hybridized carbons (Fsp3) is 0.167. The highest BCUT2D eigenvalue weighted by molar-refractivity contribution is 5.83. The number of alkyl halides is 3. The van der Waals surface area contributed by atoms with Crippen molar-refractivity contribution < 1.29 is 22.3 Å².